The summed E-state index contributed by atoms with van der Waals surface area (Å²) in [6, 6.07) is 3.84. The highest BCUT2D eigenvalue weighted by Gasteiger charge is 2.26. The van der Waals surface area contributed by atoms with Crippen LogP contribution in [-0.2, 0) is 4.74 Å². The molecular formula is C19H24F2N6O. The fourth-order valence-electron chi connectivity index (χ4n) is 3.11. The second-order valence-electron chi connectivity index (χ2n) is 6.75. The van der Waals surface area contributed by atoms with Gasteiger partial charge in [0.1, 0.15) is 22.8 Å². The minimum atomic E-state index is -0.690. The van der Waals surface area contributed by atoms with Crippen molar-refractivity contribution in [2.24, 2.45) is 0 Å². The van der Waals surface area contributed by atoms with Gasteiger partial charge in [0, 0.05) is 12.6 Å². The first-order valence-electron chi connectivity index (χ1n) is 8.83. The lowest BCUT2D eigenvalue weighted by Gasteiger charge is -2.16. The van der Waals surface area contributed by atoms with E-state index in [0.717, 1.165) is 6.42 Å². The molecule has 1 aromatic carbocycles. The number of benzene rings is 1. The maximum Gasteiger partial charge on any atom is 0.224 e. The van der Waals surface area contributed by atoms with Gasteiger partial charge in [0.25, 0.3) is 0 Å². The largest absolute Gasteiger partial charge is 0.379 e. The summed E-state index contributed by atoms with van der Waals surface area (Å²) < 4.78 is 35.5. The minimum absolute atomic E-state index is 0. The Labute approximate surface area is 162 Å². The van der Waals surface area contributed by atoms with Gasteiger partial charge in [0.05, 0.1) is 18.8 Å². The van der Waals surface area contributed by atoms with E-state index in [2.05, 4.69) is 25.6 Å². The van der Waals surface area contributed by atoms with E-state index >= 15 is 0 Å². The van der Waals surface area contributed by atoms with Crippen molar-refractivity contribution in [1.82, 2.24) is 19.5 Å². The molecule has 1 atom stereocenters. The zero-order chi connectivity index (χ0) is 19.0. The number of nitrogens with one attached hydrogen (secondary N) is 2. The molecule has 3 heterocycles. The molecule has 0 radical (unpaired) electrons. The van der Waals surface area contributed by atoms with Gasteiger partial charge in [-0.15, -0.1) is 0 Å². The van der Waals surface area contributed by atoms with Crippen LogP contribution in [0.25, 0.3) is 11.2 Å². The Morgan fingerprint density at radius 3 is 2.61 bits per heavy atom. The molecule has 1 saturated heterocycles. The maximum atomic E-state index is 14.1. The molecule has 2 aromatic heterocycles. The second-order valence-corrected chi connectivity index (χ2v) is 6.75. The summed E-state index contributed by atoms with van der Waals surface area (Å²) in [6.07, 6.45) is 2.36. The predicted octanol–water partition coefficient (Wildman–Crippen LogP) is 4.27. The molecule has 0 saturated carbocycles. The number of rotatable bonds is 5. The van der Waals surface area contributed by atoms with E-state index in [-0.39, 0.29) is 25.2 Å². The van der Waals surface area contributed by atoms with Gasteiger partial charge in [0.15, 0.2) is 5.65 Å². The third-order valence-corrected chi connectivity index (χ3v) is 4.32. The Morgan fingerprint density at radius 2 is 1.96 bits per heavy atom. The van der Waals surface area contributed by atoms with Crippen molar-refractivity contribution in [1.29, 1.82) is 0 Å². The number of para-hydroxylation sites is 1. The molecule has 1 aliphatic heterocycles. The average molecular weight is 390 g/mol. The van der Waals surface area contributed by atoms with E-state index in [4.69, 9.17) is 4.74 Å². The van der Waals surface area contributed by atoms with E-state index in [1.165, 1.54) is 18.2 Å². The Balaban J connectivity index is 0.00000225. The smallest absolute Gasteiger partial charge is 0.224 e. The summed E-state index contributed by atoms with van der Waals surface area (Å²) in [5, 5.41) is 5.95. The molecule has 0 amide bonds. The van der Waals surface area contributed by atoms with Crippen LogP contribution < -0.4 is 10.6 Å². The van der Waals surface area contributed by atoms with Crippen LogP contribution in [0.3, 0.4) is 0 Å². The summed E-state index contributed by atoms with van der Waals surface area (Å²) in [6.45, 7) is 5.07. The van der Waals surface area contributed by atoms with Crippen molar-refractivity contribution < 1.29 is 13.5 Å². The molecule has 0 spiro atoms. The van der Waals surface area contributed by atoms with Crippen LogP contribution >= 0.6 is 0 Å². The van der Waals surface area contributed by atoms with Crippen molar-refractivity contribution in [3.63, 3.8) is 0 Å². The zero-order valence-electron chi connectivity index (χ0n) is 15.0. The van der Waals surface area contributed by atoms with Gasteiger partial charge in [-0.3, -0.25) is 4.57 Å². The summed E-state index contributed by atoms with van der Waals surface area (Å²) in [5.41, 5.74) is 0.875. The molecule has 9 heteroatoms. The molecule has 0 bridgehead atoms. The molecule has 150 valence electrons. The summed E-state index contributed by atoms with van der Waals surface area (Å²) in [4.78, 5) is 13.3. The predicted molar refractivity (Wildman–Crippen MR) is 105 cm³/mol. The number of nitrogens with zero attached hydrogens (tertiary/aromatic N) is 4. The molecule has 0 unspecified atom stereocenters. The Morgan fingerprint density at radius 1 is 1.21 bits per heavy atom. The van der Waals surface area contributed by atoms with Crippen LogP contribution in [0.4, 0.5) is 26.4 Å². The second kappa shape index (κ2) is 8.05. The van der Waals surface area contributed by atoms with E-state index in [9.17, 15) is 8.78 Å². The van der Waals surface area contributed by atoms with Gasteiger partial charge in [-0.1, -0.05) is 13.5 Å². The summed E-state index contributed by atoms with van der Waals surface area (Å²) in [5.74, 6) is -0.601. The van der Waals surface area contributed by atoms with Crippen molar-refractivity contribution >= 4 is 28.7 Å². The van der Waals surface area contributed by atoms with Crippen LogP contribution in [0.15, 0.2) is 24.4 Å². The molecule has 3 aromatic rings. The molecule has 28 heavy (non-hydrogen) atoms. The van der Waals surface area contributed by atoms with Gasteiger partial charge in [-0.05, 0) is 32.4 Å². The van der Waals surface area contributed by atoms with Crippen LogP contribution in [0.5, 0.6) is 0 Å². The minimum Gasteiger partial charge on any atom is -0.379 e. The number of hydrogen-bond acceptors (Lipinski definition) is 6. The number of imidazole rings is 1. The fraction of sp³-hybridized carbons (Fsp3) is 0.421. The van der Waals surface area contributed by atoms with Crippen molar-refractivity contribution in [2.75, 3.05) is 23.8 Å². The first-order valence-corrected chi connectivity index (χ1v) is 8.83. The van der Waals surface area contributed by atoms with Gasteiger partial charge >= 0.3 is 0 Å². The number of aromatic nitrogens is 4. The zero-order valence-corrected chi connectivity index (χ0v) is 15.0. The number of hydrogen-bond donors (Lipinski definition) is 2. The first kappa shape index (κ1) is 19.9. The fourth-order valence-corrected chi connectivity index (χ4v) is 3.11. The van der Waals surface area contributed by atoms with Crippen molar-refractivity contribution in [3.8, 4) is 0 Å². The normalized spacial score (nSPS) is 16.4. The number of anilines is 3. The number of fused-ring (bicyclic) bond motifs is 1. The monoisotopic (exact) mass is 390 g/mol. The van der Waals surface area contributed by atoms with Gasteiger partial charge in [0.2, 0.25) is 11.9 Å². The van der Waals surface area contributed by atoms with Crippen molar-refractivity contribution in [3.05, 3.63) is 36.0 Å². The third kappa shape index (κ3) is 3.75. The van der Waals surface area contributed by atoms with Gasteiger partial charge in [-0.25, -0.2) is 18.7 Å². The number of halogens is 2. The molecule has 7 nitrogen and oxygen atoms in total. The summed E-state index contributed by atoms with van der Waals surface area (Å²) >= 11 is 0. The third-order valence-electron chi connectivity index (χ3n) is 4.32. The topological polar surface area (TPSA) is 76.9 Å². The van der Waals surface area contributed by atoms with E-state index in [1.54, 1.807) is 6.20 Å². The SMILES string of the molecule is C.CC(C)Nc1ncc2nc(Nc3c(F)cccc3F)n([C@H]3CCOC3)c2n1. The van der Waals surface area contributed by atoms with E-state index in [1.807, 2.05) is 18.4 Å². The maximum absolute atomic E-state index is 14.1. The van der Waals surface area contributed by atoms with E-state index < -0.39 is 11.6 Å². The standard InChI is InChI=1S/C18H20F2N6O.CH4/c1-10(2)22-17-21-8-14-16(25-17)26(11-6-7-27-9-11)18(23-14)24-15-12(19)4-3-5-13(15)20;/h3-5,8,10-11H,6-7,9H2,1-2H3,(H,23,24)(H,21,22,25);1H4/t11-;/m0./s1. The highest BCUT2D eigenvalue weighted by molar-refractivity contribution is 5.76. The lowest BCUT2D eigenvalue weighted by molar-refractivity contribution is 0.187. The average Bonchev–Trinajstić information content (AvgIpc) is 3.24. The lowest BCUT2D eigenvalue weighted by Crippen LogP contribution is -2.15. The van der Waals surface area contributed by atoms with Crippen molar-refractivity contribution in [2.45, 2.75) is 39.8 Å². The van der Waals surface area contributed by atoms with Gasteiger partial charge in [-0.2, -0.15) is 4.98 Å². The summed E-state index contributed by atoms with van der Waals surface area (Å²) in [7, 11) is 0. The quantitative estimate of drug-likeness (QED) is 0.678. The van der Waals surface area contributed by atoms with Crippen LogP contribution in [0.2, 0.25) is 0 Å². The highest BCUT2D eigenvalue weighted by Crippen LogP contribution is 2.31. The van der Waals surface area contributed by atoms with Crippen LogP contribution in [-0.4, -0.2) is 38.8 Å². The molecule has 1 aliphatic rings. The van der Waals surface area contributed by atoms with E-state index in [0.29, 0.717) is 36.3 Å². The first-order chi connectivity index (χ1) is 13.0. The van der Waals surface area contributed by atoms with Crippen LogP contribution in [0, 0.1) is 11.6 Å². The van der Waals surface area contributed by atoms with Crippen LogP contribution in [0.1, 0.15) is 33.7 Å². The molecule has 4 rings (SSSR count). The Bertz CT molecular complexity index is 948. The van der Waals surface area contributed by atoms with Gasteiger partial charge < -0.3 is 15.4 Å². The lowest BCUT2D eigenvalue weighted by atomic mass is 10.2. The molecule has 0 aliphatic carbocycles. The molecule has 1 fully saturated rings. The number of ether oxygens (including phenoxy) is 1. The highest BCUT2D eigenvalue weighted by atomic mass is 19.1. The Kier molecular flexibility index (Phi) is 5.73. The Hall–Kier alpha value is -2.81. The molecular weight excluding hydrogens is 366 g/mol. The molecule has 2 N–H and O–H groups in total.